The van der Waals surface area contributed by atoms with Crippen molar-refractivity contribution in [2.45, 2.75) is 20.4 Å². The van der Waals surface area contributed by atoms with Gasteiger partial charge in [0, 0.05) is 11.8 Å². The summed E-state index contributed by atoms with van der Waals surface area (Å²) in [5, 5.41) is 6.63. The molecule has 8 heteroatoms. The van der Waals surface area contributed by atoms with Crippen LogP contribution in [-0.2, 0) is 6.54 Å². The summed E-state index contributed by atoms with van der Waals surface area (Å²) < 4.78 is 16.0. The van der Waals surface area contributed by atoms with Gasteiger partial charge in [0.25, 0.3) is 11.5 Å². The number of halogens is 1. The Kier molecular flexibility index (Phi) is 5.99. The molecule has 0 aliphatic carbocycles. The highest BCUT2D eigenvalue weighted by Gasteiger charge is 2.21. The van der Waals surface area contributed by atoms with Crippen molar-refractivity contribution in [3.8, 4) is 5.69 Å². The Morgan fingerprint density at radius 2 is 1.67 bits per heavy atom. The Morgan fingerprint density at radius 1 is 0.970 bits per heavy atom. The van der Waals surface area contributed by atoms with E-state index in [0.29, 0.717) is 16.8 Å². The highest BCUT2D eigenvalue weighted by atomic mass is 19.1. The number of nitrogens with zero attached hydrogens (tertiary/aromatic N) is 3. The number of para-hydroxylation sites is 1. The molecule has 0 aliphatic rings. The molecule has 0 saturated heterocycles. The molecule has 166 valence electrons. The lowest BCUT2D eigenvalue weighted by molar-refractivity contribution is 0.101. The third-order valence-corrected chi connectivity index (χ3v) is 5.17. The minimum absolute atomic E-state index is 0.0690. The number of aryl methyl sites for hydroxylation is 2. The maximum absolute atomic E-state index is 14.2. The lowest BCUT2D eigenvalue weighted by atomic mass is 10.1. The number of aromatic nitrogens is 3. The first kappa shape index (κ1) is 21.9. The van der Waals surface area contributed by atoms with Crippen molar-refractivity contribution in [2.75, 3.05) is 5.32 Å². The van der Waals surface area contributed by atoms with E-state index in [1.807, 2.05) is 19.1 Å². The second-order valence-corrected chi connectivity index (χ2v) is 7.67. The molecule has 33 heavy (non-hydrogen) atoms. The molecule has 1 N–H and O–H groups in total. The van der Waals surface area contributed by atoms with Crippen LogP contribution < -0.4 is 16.6 Å². The molecule has 7 nitrogen and oxygen atoms in total. The van der Waals surface area contributed by atoms with E-state index in [4.69, 9.17) is 0 Å². The zero-order chi connectivity index (χ0) is 23.5. The van der Waals surface area contributed by atoms with E-state index in [1.54, 1.807) is 49.4 Å². The Hall–Kier alpha value is -4.33. The minimum atomic E-state index is -0.835. The number of hydrogen-bond donors (Lipinski definition) is 1. The number of amides is 1. The Morgan fingerprint density at radius 3 is 2.33 bits per heavy atom. The number of hydrogen-bond acceptors (Lipinski definition) is 4. The molecule has 1 aromatic heterocycles. The van der Waals surface area contributed by atoms with Crippen LogP contribution in [0.2, 0.25) is 0 Å². The fourth-order valence-electron chi connectivity index (χ4n) is 3.27. The van der Waals surface area contributed by atoms with E-state index < -0.39 is 28.7 Å². The summed E-state index contributed by atoms with van der Waals surface area (Å²) in [5.74, 6) is -1.31. The smallest absolute Gasteiger partial charge is 0.320 e. The van der Waals surface area contributed by atoms with Gasteiger partial charge in [-0.05, 0) is 43.2 Å². The summed E-state index contributed by atoms with van der Waals surface area (Å²) in [4.78, 5) is 39.3. The molecule has 0 unspecified atom stereocenters. The maximum atomic E-state index is 14.2. The predicted octanol–water partition coefficient (Wildman–Crippen LogP) is 3.45. The molecule has 0 saturated carbocycles. The van der Waals surface area contributed by atoms with Gasteiger partial charge in [0.2, 0.25) is 5.69 Å². The lowest BCUT2D eigenvalue weighted by Gasteiger charge is -2.13. The van der Waals surface area contributed by atoms with Crippen LogP contribution in [0, 0.1) is 19.7 Å². The average Bonchev–Trinajstić information content (AvgIpc) is 2.80. The van der Waals surface area contributed by atoms with Gasteiger partial charge in [0.05, 0.1) is 12.2 Å². The largest absolute Gasteiger partial charge is 0.352 e. The Labute approximate surface area is 188 Å². The molecular formula is C25H21FN4O3. The maximum Gasteiger partial charge on any atom is 0.352 e. The molecule has 0 fully saturated rings. The first-order valence-electron chi connectivity index (χ1n) is 10.3. The van der Waals surface area contributed by atoms with Gasteiger partial charge >= 0.3 is 5.69 Å². The summed E-state index contributed by atoms with van der Waals surface area (Å²) in [6.07, 6.45) is 0. The highest BCUT2D eigenvalue weighted by molar-refractivity contribution is 6.02. The Bertz CT molecular complexity index is 1440. The van der Waals surface area contributed by atoms with Crippen LogP contribution in [0.5, 0.6) is 0 Å². The van der Waals surface area contributed by atoms with Crippen LogP contribution in [0.3, 0.4) is 0 Å². The molecule has 0 spiro atoms. The normalized spacial score (nSPS) is 10.8. The van der Waals surface area contributed by atoms with Crippen molar-refractivity contribution in [1.29, 1.82) is 0 Å². The molecule has 0 aliphatic heterocycles. The molecular weight excluding hydrogens is 423 g/mol. The van der Waals surface area contributed by atoms with Crippen LogP contribution in [0.15, 0.2) is 82.4 Å². The van der Waals surface area contributed by atoms with E-state index in [9.17, 15) is 18.8 Å². The van der Waals surface area contributed by atoms with Crippen molar-refractivity contribution in [2.24, 2.45) is 0 Å². The third kappa shape index (κ3) is 4.64. The molecule has 1 heterocycles. The minimum Gasteiger partial charge on any atom is -0.320 e. The summed E-state index contributed by atoms with van der Waals surface area (Å²) in [7, 11) is 0. The second kappa shape index (κ2) is 9.04. The third-order valence-electron chi connectivity index (χ3n) is 5.17. The van der Waals surface area contributed by atoms with Crippen molar-refractivity contribution in [3.05, 3.63) is 122 Å². The number of nitrogens with one attached hydrogen (secondary N) is 1. The molecule has 0 atom stereocenters. The summed E-state index contributed by atoms with van der Waals surface area (Å²) >= 11 is 0. The predicted molar refractivity (Wildman–Crippen MR) is 123 cm³/mol. The van der Waals surface area contributed by atoms with Crippen LogP contribution in [0.4, 0.5) is 10.1 Å². The van der Waals surface area contributed by atoms with Crippen molar-refractivity contribution in [1.82, 2.24) is 14.3 Å². The van der Waals surface area contributed by atoms with Crippen LogP contribution in [0.25, 0.3) is 5.69 Å². The van der Waals surface area contributed by atoms with Crippen LogP contribution >= 0.6 is 0 Å². The molecule has 3 aromatic carbocycles. The van der Waals surface area contributed by atoms with E-state index in [2.05, 4.69) is 10.4 Å². The van der Waals surface area contributed by atoms with Gasteiger partial charge in [0.1, 0.15) is 5.82 Å². The SMILES string of the molecule is Cc1ccc(Cn2c(=O)c(C(=O)Nc3ccccc3)nn(-c3ccc(C)c(F)c3)c2=O)cc1. The van der Waals surface area contributed by atoms with Gasteiger partial charge in [-0.2, -0.15) is 9.78 Å². The van der Waals surface area contributed by atoms with Gasteiger partial charge in [-0.15, -0.1) is 0 Å². The molecule has 0 bridgehead atoms. The van der Waals surface area contributed by atoms with E-state index >= 15 is 0 Å². The number of rotatable bonds is 5. The molecule has 1 amide bonds. The fraction of sp³-hybridized carbons (Fsp3) is 0.120. The lowest BCUT2D eigenvalue weighted by Crippen LogP contribution is -2.45. The standard InChI is InChI=1S/C25H21FN4O3/c1-16-8-11-18(12-9-16)15-29-24(32)22(23(31)27-19-6-4-3-5-7-19)28-30(25(29)33)20-13-10-17(2)21(26)14-20/h3-14H,15H2,1-2H3,(H,27,31). The van der Waals surface area contributed by atoms with E-state index in [0.717, 1.165) is 20.9 Å². The average molecular weight is 444 g/mol. The monoisotopic (exact) mass is 444 g/mol. The van der Waals surface area contributed by atoms with Gasteiger partial charge < -0.3 is 5.32 Å². The topological polar surface area (TPSA) is 86.0 Å². The summed E-state index contributed by atoms with van der Waals surface area (Å²) in [6, 6.07) is 20.0. The molecule has 0 radical (unpaired) electrons. The number of anilines is 1. The van der Waals surface area contributed by atoms with Crippen molar-refractivity contribution >= 4 is 11.6 Å². The van der Waals surface area contributed by atoms with Gasteiger partial charge in [-0.1, -0.05) is 54.1 Å². The summed E-state index contributed by atoms with van der Waals surface area (Å²) in [6.45, 7) is 3.44. The fourth-order valence-corrected chi connectivity index (χ4v) is 3.27. The molecule has 4 rings (SSSR count). The quantitative estimate of drug-likeness (QED) is 0.511. The van der Waals surface area contributed by atoms with E-state index in [1.165, 1.54) is 12.1 Å². The van der Waals surface area contributed by atoms with Crippen LogP contribution in [0.1, 0.15) is 27.2 Å². The zero-order valence-electron chi connectivity index (χ0n) is 18.1. The first-order chi connectivity index (χ1) is 15.8. The van der Waals surface area contributed by atoms with E-state index in [-0.39, 0.29) is 12.2 Å². The van der Waals surface area contributed by atoms with Gasteiger partial charge in [-0.3, -0.25) is 14.2 Å². The highest BCUT2D eigenvalue weighted by Crippen LogP contribution is 2.12. The number of benzene rings is 3. The van der Waals surface area contributed by atoms with Crippen molar-refractivity contribution in [3.63, 3.8) is 0 Å². The number of carbonyl (C=O) groups is 1. The zero-order valence-corrected chi connectivity index (χ0v) is 18.1. The van der Waals surface area contributed by atoms with Gasteiger partial charge in [0.15, 0.2) is 0 Å². The van der Waals surface area contributed by atoms with Crippen molar-refractivity contribution < 1.29 is 9.18 Å². The van der Waals surface area contributed by atoms with Crippen LogP contribution in [-0.4, -0.2) is 20.3 Å². The molecule has 4 aromatic rings. The first-order valence-corrected chi connectivity index (χ1v) is 10.3. The number of carbonyl (C=O) groups excluding carboxylic acids is 1. The second-order valence-electron chi connectivity index (χ2n) is 7.67. The summed E-state index contributed by atoms with van der Waals surface area (Å²) in [5.41, 5.74) is 0.590. The van der Waals surface area contributed by atoms with Gasteiger partial charge in [-0.25, -0.2) is 9.18 Å². The Balaban J connectivity index is 1.87.